The van der Waals surface area contributed by atoms with E-state index in [1.54, 1.807) is 0 Å². The highest BCUT2D eigenvalue weighted by Crippen LogP contribution is 2.68. The smallest absolute Gasteiger partial charge is 0.0680 e. The summed E-state index contributed by atoms with van der Waals surface area (Å²) in [5.41, 5.74) is 10.5. The molecular formula is C34H30NP. The highest BCUT2D eigenvalue weighted by molar-refractivity contribution is 7.81. The van der Waals surface area contributed by atoms with Crippen molar-refractivity contribution >= 4 is 23.4 Å². The van der Waals surface area contributed by atoms with Gasteiger partial charge in [0.25, 0.3) is 0 Å². The van der Waals surface area contributed by atoms with Gasteiger partial charge in [0, 0.05) is 7.05 Å². The van der Waals surface area contributed by atoms with Crippen molar-refractivity contribution in [2.24, 2.45) is 4.74 Å². The molecule has 5 aromatic carbocycles. The molecule has 0 aromatic heterocycles. The molecule has 176 valence electrons. The first-order valence-electron chi connectivity index (χ1n) is 12.6. The van der Waals surface area contributed by atoms with E-state index in [1.807, 2.05) is 0 Å². The van der Waals surface area contributed by atoms with Crippen LogP contribution in [0, 0.1) is 20.8 Å². The molecule has 6 rings (SSSR count). The van der Waals surface area contributed by atoms with Crippen LogP contribution in [0.5, 0.6) is 0 Å². The molecule has 0 heterocycles. The Morgan fingerprint density at radius 1 is 0.528 bits per heavy atom. The lowest BCUT2D eigenvalue weighted by Gasteiger charge is -2.34. The summed E-state index contributed by atoms with van der Waals surface area (Å²) in [6.45, 7) is 6.59. The maximum Gasteiger partial charge on any atom is 0.0680 e. The molecule has 0 spiro atoms. The molecule has 1 nitrogen and oxygen atoms in total. The fourth-order valence-corrected chi connectivity index (χ4v) is 10.3. The molecule has 36 heavy (non-hydrogen) atoms. The van der Waals surface area contributed by atoms with Crippen molar-refractivity contribution in [2.45, 2.75) is 26.4 Å². The van der Waals surface area contributed by atoms with E-state index in [4.69, 9.17) is 4.74 Å². The first-order chi connectivity index (χ1) is 17.6. The van der Waals surface area contributed by atoms with Crippen molar-refractivity contribution in [1.29, 1.82) is 0 Å². The molecule has 1 aliphatic rings. The Morgan fingerprint density at radius 3 is 1.42 bits per heavy atom. The number of rotatable bonds is 4. The number of fused-ring (bicyclic) bond motifs is 3. The first kappa shape index (κ1) is 22.8. The molecule has 2 heteroatoms. The molecule has 0 unspecified atom stereocenters. The lowest BCUT2D eigenvalue weighted by Crippen LogP contribution is -2.21. The maximum absolute atomic E-state index is 5.96. The zero-order valence-corrected chi connectivity index (χ0v) is 21.9. The summed E-state index contributed by atoms with van der Waals surface area (Å²) in [4.78, 5) is 0. The van der Waals surface area contributed by atoms with E-state index in [1.165, 1.54) is 49.6 Å². The summed E-state index contributed by atoms with van der Waals surface area (Å²) in [7, 11) is -2.38. The second-order valence-electron chi connectivity index (χ2n) is 9.78. The zero-order chi connectivity index (χ0) is 24.7. The molecule has 1 aliphatic carbocycles. The van der Waals surface area contributed by atoms with Gasteiger partial charge >= 0.3 is 0 Å². The van der Waals surface area contributed by atoms with E-state index in [0.29, 0.717) is 0 Å². The van der Waals surface area contributed by atoms with Crippen molar-refractivity contribution in [3.05, 3.63) is 149 Å². The van der Waals surface area contributed by atoms with Gasteiger partial charge < -0.3 is 0 Å². The summed E-state index contributed by atoms with van der Waals surface area (Å²) in [5.74, 6) is 0. The van der Waals surface area contributed by atoms with Gasteiger partial charge in [-0.25, -0.2) is 0 Å². The number of hydrogen-bond acceptors (Lipinski definition) is 1. The predicted molar refractivity (Wildman–Crippen MR) is 156 cm³/mol. The monoisotopic (exact) mass is 483 g/mol. The lowest BCUT2D eigenvalue weighted by molar-refractivity contribution is 1.18. The van der Waals surface area contributed by atoms with Crippen LogP contribution in [0.3, 0.4) is 0 Å². The summed E-state index contributed by atoms with van der Waals surface area (Å²) in [6.07, 6.45) is 0. The van der Waals surface area contributed by atoms with Crippen molar-refractivity contribution in [3.8, 4) is 11.1 Å². The molecule has 0 N–H and O–H groups in total. The SMILES string of the molecule is Cc1cc(C)c(N=P(c2ccccc2)(c2ccccc2)C2c3ccccc3-c3ccccc32)c(C)c1. The summed E-state index contributed by atoms with van der Waals surface area (Å²) >= 11 is 0. The number of nitrogens with zero attached hydrogens (tertiary/aromatic N) is 1. The largest absolute Gasteiger partial charge is 0.257 e. The maximum atomic E-state index is 5.96. The molecular weight excluding hydrogens is 453 g/mol. The van der Waals surface area contributed by atoms with Crippen LogP contribution in [0.4, 0.5) is 5.69 Å². The van der Waals surface area contributed by atoms with E-state index in [9.17, 15) is 0 Å². The Bertz CT molecular complexity index is 1500. The Kier molecular flexibility index (Phi) is 5.75. The predicted octanol–water partition coefficient (Wildman–Crippen LogP) is 8.87. The van der Waals surface area contributed by atoms with Gasteiger partial charge in [-0.05, 0) is 64.8 Å². The van der Waals surface area contributed by atoms with Gasteiger partial charge in [-0.15, -0.1) is 0 Å². The third-order valence-electron chi connectivity index (χ3n) is 7.37. The van der Waals surface area contributed by atoms with Crippen LogP contribution < -0.4 is 10.6 Å². The first-order valence-corrected chi connectivity index (χ1v) is 14.4. The average Bonchev–Trinajstić information content (AvgIpc) is 3.25. The molecule has 5 aromatic rings. The van der Waals surface area contributed by atoms with Gasteiger partial charge in [0.2, 0.25) is 0 Å². The third kappa shape index (κ3) is 3.58. The Balaban J connectivity index is 1.82. The van der Waals surface area contributed by atoms with Gasteiger partial charge in [-0.1, -0.05) is 127 Å². The van der Waals surface area contributed by atoms with Crippen molar-refractivity contribution in [3.63, 3.8) is 0 Å². The molecule has 0 aliphatic heterocycles. The van der Waals surface area contributed by atoms with E-state index >= 15 is 0 Å². The van der Waals surface area contributed by atoms with Crippen LogP contribution in [0.1, 0.15) is 33.5 Å². The van der Waals surface area contributed by atoms with Gasteiger partial charge in [-0.2, -0.15) is 0 Å². The van der Waals surface area contributed by atoms with E-state index in [-0.39, 0.29) is 5.66 Å². The fourth-order valence-electron chi connectivity index (χ4n) is 5.95. The van der Waals surface area contributed by atoms with Crippen LogP contribution in [-0.4, -0.2) is 0 Å². The minimum absolute atomic E-state index is 0.148. The molecule has 0 bridgehead atoms. The van der Waals surface area contributed by atoms with Crippen molar-refractivity contribution in [2.75, 3.05) is 0 Å². The highest BCUT2D eigenvalue weighted by Gasteiger charge is 2.42. The van der Waals surface area contributed by atoms with Crippen LogP contribution in [0.25, 0.3) is 11.1 Å². The number of hydrogen-bond donors (Lipinski definition) is 0. The summed E-state index contributed by atoms with van der Waals surface area (Å²) < 4.78 is 5.96. The minimum Gasteiger partial charge on any atom is -0.257 e. The Morgan fingerprint density at radius 2 is 0.944 bits per heavy atom. The number of aryl methyl sites for hydroxylation is 3. The number of benzene rings is 5. The van der Waals surface area contributed by atoms with Crippen LogP contribution in [0.2, 0.25) is 0 Å². The van der Waals surface area contributed by atoms with E-state index < -0.39 is 7.05 Å². The van der Waals surface area contributed by atoms with E-state index in [0.717, 1.165) is 5.69 Å². The quantitative estimate of drug-likeness (QED) is 0.226. The Labute approximate surface area is 214 Å². The summed E-state index contributed by atoms with van der Waals surface area (Å²) in [6, 6.07) is 44.5. The van der Waals surface area contributed by atoms with Crippen LogP contribution in [-0.2, 0) is 0 Å². The van der Waals surface area contributed by atoms with Gasteiger partial charge in [0.15, 0.2) is 0 Å². The van der Waals surface area contributed by atoms with Crippen molar-refractivity contribution in [1.82, 2.24) is 0 Å². The topological polar surface area (TPSA) is 12.4 Å². The molecule has 0 fully saturated rings. The average molecular weight is 484 g/mol. The molecule has 0 amide bonds. The van der Waals surface area contributed by atoms with Crippen molar-refractivity contribution < 1.29 is 0 Å². The minimum atomic E-state index is -2.38. The van der Waals surface area contributed by atoms with Crippen LogP contribution >= 0.6 is 7.05 Å². The lowest BCUT2D eigenvalue weighted by atomic mass is 10.1. The van der Waals surface area contributed by atoms with E-state index in [2.05, 4.69) is 142 Å². The second-order valence-corrected chi connectivity index (χ2v) is 12.9. The highest BCUT2D eigenvalue weighted by atomic mass is 31.2. The fraction of sp³-hybridized carbons (Fsp3) is 0.118. The van der Waals surface area contributed by atoms with Crippen LogP contribution in [0.15, 0.2) is 126 Å². The summed E-state index contributed by atoms with van der Waals surface area (Å²) in [5, 5.41) is 2.62. The van der Waals surface area contributed by atoms with Gasteiger partial charge in [-0.3, -0.25) is 4.74 Å². The van der Waals surface area contributed by atoms with Gasteiger partial charge in [0.05, 0.1) is 11.3 Å². The van der Waals surface area contributed by atoms with Gasteiger partial charge in [0.1, 0.15) is 0 Å². The Hall–Kier alpha value is -3.67. The third-order valence-corrected chi connectivity index (χ3v) is 11.4. The standard InChI is InChI=1S/C34H30NP/c1-24-22-25(2)33(26(3)23-24)35-36(27-14-6-4-7-15-27,28-16-8-5-9-17-28)34-31-20-12-10-18-29(31)30-19-11-13-21-32(30)34/h4-23,34H,1-3H3. The molecule has 0 saturated carbocycles. The zero-order valence-electron chi connectivity index (χ0n) is 21.0. The molecule has 0 saturated heterocycles. The molecule has 0 atom stereocenters. The molecule has 0 radical (unpaired) electrons. The second kappa shape index (κ2) is 9.08. The normalized spacial score (nSPS) is 12.8.